The number of nitrogen functional groups attached to an aromatic ring is 1. The van der Waals surface area contributed by atoms with Crippen molar-refractivity contribution in [2.45, 2.75) is 19.4 Å². The summed E-state index contributed by atoms with van der Waals surface area (Å²) < 4.78 is 5.27. The quantitative estimate of drug-likeness (QED) is 0.857. The fourth-order valence-corrected chi connectivity index (χ4v) is 1.68. The largest absolute Gasteiger partial charge is 0.469 e. The maximum absolute atomic E-state index is 8.73. The molecule has 2 aromatic heterocycles. The molecule has 3 N–H and O–H groups in total. The lowest BCUT2D eigenvalue weighted by atomic mass is 10.2. The predicted octanol–water partition coefficient (Wildman–Crippen LogP) is 2.17. The van der Waals surface area contributed by atoms with Gasteiger partial charge in [-0.25, -0.2) is 4.98 Å². The molecule has 92 valence electrons. The summed E-state index contributed by atoms with van der Waals surface area (Å²) in [4.78, 5) is 4.13. The van der Waals surface area contributed by atoms with E-state index in [1.54, 1.807) is 12.3 Å². The first kappa shape index (κ1) is 12.0. The number of furan rings is 1. The Balaban J connectivity index is 2.03. The fourth-order valence-electron chi connectivity index (χ4n) is 1.68. The van der Waals surface area contributed by atoms with Gasteiger partial charge in [0.25, 0.3) is 0 Å². The van der Waals surface area contributed by atoms with E-state index in [-0.39, 0.29) is 6.04 Å². The van der Waals surface area contributed by atoms with Crippen LogP contribution < -0.4 is 11.1 Å². The maximum atomic E-state index is 8.73. The van der Waals surface area contributed by atoms with Gasteiger partial charge < -0.3 is 15.5 Å². The zero-order valence-electron chi connectivity index (χ0n) is 10.1. The Morgan fingerprint density at radius 2 is 2.44 bits per heavy atom. The van der Waals surface area contributed by atoms with E-state index in [2.05, 4.69) is 10.3 Å². The number of anilines is 2. The monoisotopic (exact) mass is 242 g/mol. The van der Waals surface area contributed by atoms with E-state index in [0.717, 1.165) is 12.2 Å². The van der Waals surface area contributed by atoms with Gasteiger partial charge in [-0.1, -0.05) is 0 Å². The van der Waals surface area contributed by atoms with Gasteiger partial charge in [-0.3, -0.25) is 0 Å². The normalized spacial score (nSPS) is 11.8. The summed E-state index contributed by atoms with van der Waals surface area (Å²) in [6.45, 7) is 2.02. The molecule has 0 bridgehead atoms. The van der Waals surface area contributed by atoms with Gasteiger partial charge in [0.1, 0.15) is 17.6 Å². The van der Waals surface area contributed by atoms with Gasteiger partial charge in [-0.05, 0) is 25.1 Å². The van der Waals surface area contributed by atoms with Crippen molar-refractivity contribution in [3.8, 4) is 6.07 Å². The molecule has 0 aromatic carbocycles. The third-order valence-corrected chi connectivity index (χ3v) is 2.52. The molecule has 2 rings (SSSR count). The van der Waals surface area contributed by atoms with Crippen molar-refractivity contribution in [2.24, 2.45) is 0 Å². The molecule has 0 aliphatic carbocycles. The average Bonchev–Trinajstić information content (AvgIpc) is 2.84. The van der Waals surface area contributed by atoms with Crippen LogP contribution in [0.4, 0.5) is 11.5 Å². The van der Waals surface area contributed by atoms with Gasteiger partial charge in [-0.15, -0.1) is 0 Å². The molecule has 5 nitrogen and oxygen atoms in total. The molecule has 5 heteroatoms. The lowest BCUT2D eigenvalue weighted by molar-refractivity contribution is 0.497. The van der Waals surface area contributed by atoms with Crippen molar-refractivity contribution in [1.82, 2.24) is 4.98 Å². The molecule has 2 aromatic rings. The lowest BCUT2D eigenvalue weighted by Crippen LogP contribution is -2.19. The van der Waals surface area contributed by atoms with Crippen molar-refractivity contribution in [3.63, 3.8) is 0 Å². The second kappa shape index (κ2) is 5.23. The van der Waals surface area contributed by atoms with E-state index in [0.29, 0.717) is 17.1 Å². The standard InChI is InChI=1S/C13H14N4O/c1-9(5-11-3-2-4-18-11)17-13-12(15)6-10(7-14)8-16-13/h2-4,6,8-9H,5,15H2,1H3,(H,16,17). The van der Waals surface area contributed by atoms with Gasteiger partial charge in [0.2, 0.25) is 0 Å². The molecule has 0 fully saturated rings. The second-order valence-corrected chi connectivity index (χ2v) is 4.10. The van der Waals surface area contributed by atoms with Crippen LogP contribution in [0.5, 0.6) is 0 Å². The highest BCUT2D eigenvalue weighted by Crippen LogP contribution is 2.18. The lowest BCUT2D eigenvalue weighted by Gasteiger charge is -2.14. The first-order valence-corrected chi connectivity index (χ1v) is 5.63. The van der Waals surface area contributed by atoms with Crippen LogP contribution in [0.15, 0.2) is 35.1 Å². The summed E-state index contributed by atoms with van der Waals surface area (Å²) in [6, 6.07) is 7.53. The number of nitrogens with zero attached hydrogens (tertiary/aromatic N) is 2. The van der Waals surface area contributed by atoms with Crippen LogP contribution in [-0.4, -0.2) is 11.0 Å². The highest BCUT2D eigenvalue weighted by Gasteiger charge is 2.09. The molecular weight excluding hydrogens is 228 g/mol. The van der Waals surface area contributed by atoms with Crippen LogP contribution >= 0.6 is 0 Å². The van der Waals surface area contributed by atoms with Crippen LogP contribution in [0.2, 0.25) is 0 Å². The molecule has 0 radical (unpaired) electrons. The molecule has 1 atom stereocenters. The number of pyridine rings is 1. The molecule has 0 aliphatic heterocycles. The number of aromatic nitrogens is 1. The van der Waals surface area contributed by atoms with Crippen LogP contribution in [0.1, 0.15) is 18.2 Å². The summed E-state index contributed by atoms with van der Waals surface area (Å²) in [5.74, 6) is 1.50. The Labute approximate surface area is 105 Å². The predicted molar refractivity (Wildman–Crippen MR) is 68.9 cm³/mol. The highest BCUT2D eigenvalue weighted by molar-refractivity contribution is 5.63. The zero-order chi connectivity index (χ0) is 13.0. The van der Waals surface area contributed by atoms with Gasteiger partial charge in [0.15, 0.2) is 0 Å². The minimum Gasteiger partial charge on any atom is -0.469 e. The third-order valence-electron chi connectivity index (χ3n) is 2.52. The smallest absolute Gasteiger partial charge is 0.149 e. The molecule has 0 amide bonds. The van der Waals surface area contributed by atoms with Gasteiger partial charge >= 0.3 is 0 Å². The molecule has 0 saturated heterocycles. The van der Waals surface area contributed by atoms with E-state index in [9.17, 15) is 0 Å². The van der Waals surface area contributed by atoms with Crippen LogP contribution in [-0.2, 0) is 6.42 Å². The Morgan fingerprint density at radius 3 is 3.06 bits per heavy atom. The molecule has 1 unspecified atom stereocenters. The van der Waals surface area contributed by atoms with E-state index >= 15 is 0 Å². The van der Waals surface area contributed by atoms with Crippen molar-refractivity contribution in [1.29, 1.82) is 5.26 Å². The summed E-state index contributed by atoms with van der Waals surface area (Å²) in [7, 11) is 0. The third kappa shape index (κ3) is 2.80. The van der Waals surface area contributed by atoms with E-state index in [1.807, 2.05) is 25.1 Å². The van der Waals surface area contributed by atoms with Crippen LogP contribution in [0, 0.1) is 11.3 Å². The van der Waals surface area contributed by atoms with Crippen molar-refractivity contribution >= 4 is 11.5 Å². The highest BCUT2D eigenvalue weighted by atomic mass is 16.3. The van der Waals surface area contributed by atoms with Crippen LogP contribution in [0.25, 0.3) is 0 Å². The molecule has 2 heterocycles. The number of rotatable bonds is 4. The number of nitrogens with two attached hydrogens (primary N) is 1. The summed E-state index contributed by atoms with van der Waals surface area (Å²) >= 11 is 0. The summed E-state index contributed by atoms with van der Waals surface area (Å²) in [6.07, 6.45) is 3.89. The number of hydrogen-bond acceptors (Lipinski definition) is 5. The summed E-state index contributed by atoms with van der Waals surface area (Å²) in [5, 5.41) is 11.9. The zero-order valence-corrected chi connectivity index (χ0v) is 10.1. The van der Waals surface area contributed by atoms with Crippen molar-refractivity contribution in [3.05, 3.63) is 42.0 Å². The Morgan fingerprint density at radius 1 is 1.61 bits per heavy atom. The molecular formula is C13H14N4O. The minimum atomic E-state index is 0.138. The van der Waals surface area contributed by atoms with E-state index < -0.39 is 0 Å². The van der Waals surface area contributed by atoms with Crippen molar-refractivity contribution < 1.29 is 4.42 Å². The fraction of sp³-hybridized carbons (Fsp3) is 0.231. The Hall–Kier alpha value is -2.48. The molecule has 0 spiro atoms. The average molecular weight is 242 g/mol. The number of nitriles is 1. The van der Waals surface area contributed by atoms with E-state index in [4.69, 9.17) is 15.4 Å². The Kier molecular flexibility index (Phi) is 3.49. The van der Waals surface area contributed by atoms with Crippen molar-refractivity contribution in [2.75, 3.05) is 11.1 Å². The topological polar surface area (TPSA) is 87.9 Å². The molecule has 0 aliphatic rings. The minimum absolute atomic E-state index is 0.138. The first-order chi connectivity index (χ1) is 8.69. The number of hydrogen-bond donors (Lipinski definition) is 2. The van der Waals surface area contributed by atoms with Gasteiger partial charge in [-0.2, -0.15) is 5.26 Å². The Bertz CT molecular complexity index is 557. The summed E-state index contributed by atoms with van der Waals surface area (Å²) in [5.41, 5.74) is 6.75. The second-order valence-electron chi connectivity index (χ2n) is 4.10. The van der Waals surface area contributed by atoms with Gasteiger partial charge in [0.05, 0.1) is 17.5 Å². The molecule has 18 heavy (non-hydrogen) atoms. The van der Waals surface area contributed by atoms with Crippen LogP contribution in [0.3, 0.4) is 0 Å². The molecule has 0 saturated carbocycles. The first-order valence-electron chi connectivity index (χ1n) is 5.63. The maximum Gasteiger partial charge on any atom is 0.149 e. The number of nitrogens with one attached hydrogen (secondary N) is 1. The van der Waals surface area contributed by atoms with Gasteiger partial charge in [0, 0.05) is 18.7 Å². The SMILES string of the molecule is CC(Cc1ccco1)Nc1ncc(C#N)cc1N. The van der Waals surface area contributed by atoms with E-state index in [1.165, 1.54) is 6.20 Å².